The number of nitrogens with zero attached hydrogens (tertiary/aromatic N) is 2. The van der Waals surface area contributed by atoms with Crippen LogP contribution in [0.5, 0.6) is 0 Å². The van der Waals surface area contributed by atoms with Gasteiger partial charge < -0.3 is 15.5 Å². The number of aromatic nitrogens is 1. The molecule has 0 saturated carbocycles. The summed E-state index contributed by atoms with van der Waals surface area (Å²) in [7, 11) is 0. The highest BCUT2D eigenvalue weighted by Crippen LogP contribution is 2.24. The average Bonchev–Trinajstić information content (AvgIpc) is 2.26. The van der Waals surface area contributed by atoms with E-state index in [9.17, 15) is 10.1 Å². The van der Waals surface area contributed by atoms with Crippen molar-refractivity contribution in [1.82, 2.24) is 4.98 Å². The second-order valence-electron chi connectivity index (χ2n) is 3.00. The van der Waals surface area contributed by atoms with Gasteiger partial charge >= 0.3 is 0 Å². The predicted molar refractivity (Wildman–Crippen MR) is 60.2 cm³/mol. The molecule has 0 spiro atoms. The van der Waals surface area contributed by atoms with Crippen LogP contribution in [0.3, 0.4) is 0 Å². The van der Waals surface area contributed by atoms with Gasteiger partial charge in [0, 0.05) is 12.6 Å². The minimum Gasteiger partial charge on any atom is -0.394 e. The normalized spacial score (nSPS) is 12.2. The van der Waals surface area contributed by atoms with Crippen molar-refractivity contribution in [3.63, 3.8) is 0 Å². The third-order valence-electron chi connectivity index (χ3n) is 1.75. The highest BCUT2D eigenvalue weighted by molar-refractivity contribution is 9.10. The first kappa shape index (κ1) is 12.8. The summed E-state index contributed by atoms with van der Waals surface area (Å²) in [5.74, 6) is 0.373. The Balaban J connectivity index is 2.72. The molecule has 0 radical (unpaired) electrons. The Hall–Kier alpha value is -1.25. The van der Waals surface area contributed by atoms with Gasteiger partial charge in [-0.3, -0.25) is 10.1 Å². The number of rotatable bonds is 5. The summed E-state index contributed by atoms with van der Waals surface area (Å²) in [4.78, 5) is 13.7. The molecule has 16 heavy (non-hydrogen) atoms. The molecule has 1 aromatic heterocycles. The van der Waals surface area contributed by atoms with Gasteiger partial charge in [-0.25, -0.2) is 4.98 Å². The van der Waals surface area contributed by atoms with E-state index in [-0.39, 0.29) is 18.8 Å². The van der Waals surface area contributed by atoms with Gasteiger partial charge in [0.05, 0.1) is 22.1 Å². The third-order valence-corrected chi connectivity index (χ3v) is 2.36. The molecule has 1 atom stereocenters. The summed E-state index contributed by atoms with van der Waals surface area (Å²) < 4.78 is 0.423. The van der Waals surface area contributed by atoms with E-state index in [1.165, 1.54) is 6.07 Å². The smallest absolute Gasteiger partial charge is 0.288 e. The Kier molecular flexibility index (Phi) is 4.59. The molecule has 0 fully saturated rings. The number of aliphatic hydroxyl groups is 2. The molecule has 0 aliphatic heterocycles. The molecule has 0 saturated heterocycles. The van der Waals surface area contributed by atoms with Gasteiger partial charge in [-0.1, -0.05) is 0 Å². The monoisotopic (exact) mass is 291 g/mol. The van der Waals surface area contributed by atoms with Crippen molar-refractivity contribution in [2.24, 2.45) is 0 Å². The molecule has 0 bridgehead atoms. The Morgan fingerprint density at radius 2 is 2.38 bits per heavy atom. The van der Waals surface area contributed by atoms with Crippen molar-refractivity contribution in [1.29, 1.82) is 0 Å². The predicted octanol–water partition coefficient (Wildman–Crippen LogP) is 0.517. The fourth-order valence-electron chi connectivity index (χ4n) is 0.937. The lowest BCUT2D eigenvalue weighted by molar-refractivity contribution is -0.385. The summed E-state index contributed by atoms with van der Waals surface area (Å²) in [5.41, 5.74) is -0.125. The molecule has 0 amide bonds. The van der Waals surface area contributed by atoms with E-state index in [0.717, 1.165) is 6.20 Å². The van der Waals surface area contributed by atoms with Gasteiger partial charge in [0.25, 0.3) is 5.69 Å². The van der Waals surface area contributed by atoms with Gasteiger partial charge in [-0.2, -0.15) is 0 Å². The quantitative estimate of drug-likeness (QED) is 0.539. The molecule has 3 N–H and O–H groups in total. The Labute approximate surface area is 99.4 Å². The van der Waals surface area contributed by atoms with Gasteiger partial charge in [0.1, 0.15) is 12.0 Å². The van der Waals surface area contributed by atoms with Gasteiger partial charge in [0.15, 0.2) is 0 Å². The summed E-state index contributed by atoms with van der Waals surface area (Å²) in [6.45, 7) is -0.252. The molecule has 1 heterocycles. The van der Waals surface area contributed by atoms with Gasteiger partial charge in [-0.15, -0.1) is 0 Å². The number of aliphatic hydroxyl groups excluding tert-OH is 2. The second-order valence-corrected chi connectivity index (χ2v) is 3.85. The van der Waals surface area contributed by atoms with Crippen LogP contribution in [0.15, 0.2) is 16.7 Å². The van der Waals surface area contributed by atoms with Crippen LogP contribution in [0.25, 0.3) is 0 Å². The molecular weight excluding hydrogens is 282 g/mol. The van der Waals surface area contributed by atoms with Crippen LogP contribution in [0, 0.1) is 10.1 Å². The van der Waals surface area contributed by atoms with E-state index in [1.807, 2.05) is 0 Å². The number of nitro groups is 1. The number of hydrogen-bond donors (Lipinski definition) is 3. The standard InChI is InChI=1S/C8H10BrN3O4/c9-7-1-5(12(15)16)2-10-8(7)11-3-6(14)4-13/h1-2,6,13-14H,3-4H2,(H,10,11). The number of pyridine rings is 1. The molecular formula is C8H10BrN3O4. The van der Waals surface area contributed by atoms with Crippen LogP contribution < -0.4 is 5.32 Å². The van der Waals surface area contributed by atoms with Crippen molar-refractivity contribution in [2.45, 2.75) is 6.10 Å². The molecule has 1 rings (SSSR count). The number of halogens is 1. The van der Waals surface area contributed by atoms with Crippen LogP contribution in [0.1, 0.15) is 0 Å². The zero-order valence-electron chi connectivity index (χ0n) is 8.13. The topological polar surface area (TPSA) is 109 Å². The Morgan fingerprint density at radius 1 is 1.69 bits per heavy atom. The molecule has 0 aromatic carbocycles. The summed E-state index contributed by atoms with van der Waals surface area (Å²) in [6.07, 6.45) is 0.210. The van der Waals surface area contributed by atoms with Crippen molar-refractivity contribution in [2.75, 3.05) is 18.5 Å². The van der Waals surface area contributed by atoms with E-state index in [2.05, 4.69) is 26.2 Å². The average molecular weight is 292 g/mol. The fraction of sp³-hybridized carbons (Fsp3) is 0.375. The first-order valence-corrected chi connectivity index (χ1v) is 5.16. The summed E-state index contributed by atoms with van der Waals surface area (Å²) in [5, 5.41) is 30.8. The molecule has 0 aliphatic rings. The van der Waals surface area contributed by atoms with Gasteiger partial charge in [0.2, 0.25) is 0 Å². The first-order valence-electron chi connectivity index (χ1n) is 4.37. The van der Waals surface area contributed by atoms with Crippen LogP contribution in [-0.4, -0.2) is 39.4 Å². The second kappa shape index (κ2) is 5.73. The Morgan fingerprint density at radius 3 is 2.88 bits per heavy atom. The van der Waals surface area contributed by atoms with E-state index in [4.69, 9.17) is 10.2 Å². The van der Waals surface area contributed by atoms with Gasteiger partial charge in [-0.05, 0) is 15.9 Å². The maximum Gasteiger partial charge on any atom is 0.288 e. The maximum absolute atomic E-state index is 10.4. The number of nitrogens with one attached hydrogen (secondary N) is 1. The molecule has 88 valence electrons. The first-order chi connectivity index (χ1) is 7.54. The van der Waals surface area contributed by atoms with E-state index < -0.39 is 11.0 Å². The highest BCUT2D eigenvalue weighted by Gasteiger charge is 2.11. The lowest BCUT2D eigenvalue weighted by atomic mass is 10.3. The molecule has 1 aromatic rings. The zero-order valence-corrected chi connectivity index (χ0v) is 9.72. The number of hydrogen-bond acceptors (Lipinski definition) is 6. The maximum atomic E-state index is 10.4. The third kappa shape index (κ3) is 3.40. The summed E-state index contributed by atoms with van der Waals surface area (Å²) in [6, 6.07) is 1.31. The molecule has 0 aliphatic carbocycles. The Bertz CT molecular complexity index is 388. The zero-order chi connectivity index (χ0) is 12.1. The summed E-state index contributed by atoms with van der Waals surface area (Å²) >= 11 is 3.11. The molecule has 1 unspecified atom stereocenters. The van der Waals surface area contributed by atoms with Crippen LogP contribution in [0.4, 0.5) is 11.5 Å². The molecule has 8 heteroatoms. The van der Waals surface area contributed by atoms with E-state index in [1.54, 1.807) is 0 Å². The van der Waals surface area contributed by atoms with E-state index in [0.29, 0.717) is 10.3 Å². The van der Waals surface area contributed by atoms with Crippen molar-refractivity contribution in [3.8, 4) is 0 Å². The molecule has 7 nitrogen and oxygen atoms in total. The van der Waals surface area contributed by atoms with E-state index >= 15 is 0 Å². The SMILES string of the molecule is O=[N+]([O-])c1cnc(NCC(O)CO)c(Br)c1. The van der Waals surface area contributed by atoms with Crippen LogP contribution >= 0.6 is 15.9 Å². The largest absolute Gasteiger partial charge is 0.394 e. The van der Waals surface area contributed by atoms with Crippen LogP contribution in [-0.2, 0) is 0 Å². The lowest BCUT2D eigenvalue weighted by Gasteiger charge is -2.10. The highest BCUT2D eigenvalue weighted by atomic mass is 79.9. The van der Waals surface area contributed by atoms with Crippen molar-refractivity contribution in [3.05, 3.63) is 26.9 Å². The minimum atomic E-state index is -0.899. The number of anilines is 1. The van der Waals surface area contributed by atoms with Crippen molar-refractivity contribution >= 4 is 27.4 Å². The van der Waals surface area contributed by atoms with Crippen LogP contribution in [0.2, 0.25) is 0 Å². The lowest BCUT2D eigenvalue weighted by Crippen LogP contribution is -2.23. The van der Waals surface area contributed by atoms with Crippen molar-refractivity contribution < 1.29 is 15.1 Å². The fourth-order valence-corrected chi connectivity index (χ4v) is 1.41. The minimum absolute atomic E-state index is 0.111.